The predicted molar refractivity (Wildman–Crippen MR) is 107 cm³/mol. The Kier molecular flexibility index (Phi) is 7.06. The summed E-state index contributed by atoms with van der Waals surface area (Å²) in [4.78, 5) is 15.7. The van der Waals surface area contributed by atoms with Gasteiger partial charge in [0.25, 0.3) is 0 Å². The van der Waals surface area contributed by atoms with Crippen molar-refractivity contribution < 1.29 is 18.0 Å². The van der Waals surface area contributed by atoms with Crippen molar-refractivity contribution in [3.8, 4) is 6.07 Å². The third-order valence-corrected chi connectivity index (χ3v) is 5.04. The molecule has 0 spiro atoms. The molecule has 3 N–H and O–H groups in total. The molecule has 10 heteroatoms. The number of carbonyl (C=O) groups is 1. The van der Waals surface area contributed by atoms with Crippen LogP contribution >= 0.6 is 28.3 Å². The molecular formula is C19H15BrClF3N4O. The van der Waals surface area contributed by atoms with E-state index in [0.29, 0.717) is 33.3 Å². The summed E-state index contributed by atoms with van der Waals surface area (Å²) in [5.74, 6) is -0.170. The first kappa shape index (κ1) is 22.9. The largest absolute Gasteiger partial charge is 0.433 e. The van der Waals surface area contributed by atoms with Crippen molar-refractivity contribution in [1.29, 1.82) is 5.26 Å². The molecule has 1 aromatic heterocycles. The third kappa shape index (κ3) is 4.96. The number of hydrogen-bond acceptors (Lipinski definition) is 5. The number of nitrogens with two attached hydrogens (primary N) is 1. The van der Waals surface area contributed by atoms with Gasteiger partial charge in [0.2, 0.25) is 0 Å². The number of benzene rings is 1. The van der Waals surface area contributed by atoms with Crippen LogP contribution in [0.2, 0.25) is 0 Å². The van der Waals surface area contributed by atoms with Crippen LogP contribution in [0.25, 0.3) is 0 Å². The van der Waals surface area contributed by atoms with Crippen molar-refractivity contribution in [2.24, 2.45) is 5.73 Å². The van der Waals surface area contributed by atoms with Crippen LogP contribution in [-0.4, -0.2) is 10.8 Å². The minimum Gasteiger partial charge on any atom is -0.358 e. The van der Waals surface area contributed by atoms with E-state index in [1.165, 1.54) is 6.07 Å². The molecule has 1 aliphatic rings. The Morgan fingerprint density at radius 2 is 1.97 bits per heavy atom. The SMILES string of the molecule is Cl.N#Cc1ccc(C(N)C2=C(Nc3ccnc(C(F)(F)F)c3)CCC2=O)c(Br)c1. The molecule has 0 aliphatic heterocycles. The number of halogens is 5. The zero-order valence-corrected chi connectivity index (χ0v) is 17.2. The summed E-state index contributed by atoms with van der Waals surface area (Å²) in [5.41, 5.74) is 7.29. The van der Waals surface area contributed by atoms with E-state index in [0.717, 1.165) is 12.3 Å². The van der Waals surface area contributed by atoms with E-state index >= 15 is 0 Å². The molecular weight excluding hydrogens is 473 g/mol. The molecule has 1 aromatic carbocycles. The van der Waals surface area contributed by atoms with E-state index in [2.05, 4.69) is 26.2 Å². The lowest BCUT2D eigenvalue weighted by atomic mass is 9.96. The van der Waals surface area contributed by atoms with E-state index in [9.17, 15) is 18.0 Å². The van der Waals surface area contributed by atoms with Crippen LogP contribution in [0.1, 0.15) is 35.7 Å². The van der Waals surface area contributed by atoms with Gasteiger partial charge < -0.3 is 11.1 Å². The second-order valence-electron chi connectivity index (χ2n) is 6.19. The van der Waals surface area contributed by atoms with Gasteiger partial charge in [-0.25, -0.2) is 0 Å². The van der Waals surface area contributed by atoms with E-state index in [1.807, 2.05) is 6.07 Å². The Labute approximate surface area is 179 Å². The van der Waals surface area contributed by atoms with Crippen molar-refractivity contribution in [2.75, 3.05) is 5.32 Å². The first-order valence-electron chi connectivity index (χ1n) is 8.22. The summed E-state index contributed by atoms with van der Waals surface area (Å²) in [5, 5.41) is 11.9. The van der Waals surface area contributed by atoms with Crippen molar-refractivity contribution >= 4 is 39.8 Å². The number of carbonyl (C=O) groups excluding carboxylic acids is 1. The normalized spacial score (nSPS) is 15.0. The highest BCUT2D eigenvalue weighted by molar-refractivity contribution is 9.10. The molecule has 2 aromatic rings. The molecule has 1 unspecified atom stereocenters. The van der Waals surface area contributed by atoms with Gasteiger partial charge in [-0.3, -0.25) is 9.78 Å². The lowest BCUT2D eigenvalue weighted by molar-refractivity contribution is -0.141. The van der Waals surface area contributed by atoms with Crippen LogP contribution in [0.3, 0.4) is 0 Å². The van der Waals surface area contributed by atoms with Crippen LogP contribution in [0, 0.1) is 11.3 Å². The molecule has 1 aliphatic carbocycles. The number of anilines is 1. The second-order valence-corrected chi connectivity index (χ2v) is 7.05. The van der Waals surface area contributed by atoms with Gasteiger partial charge in [0.05, 0.1) is 17.7 Å². The summed E-state index contributed by atoms with van der Waals surface area (Å²) in [6.45, 7) is 0. The first-order chi connectivity index (χ1) is 13.2. The number of nitrogens with one attached hydrogen (secondary N) is 1. The topological polar surface area (TPSA) is 91.8 Å². The Bertz CT molecular complexity index is 1020. The Morgan fingerprint density at radius 3 is 2.59 bits per heavy atom. The van der Waals surface area contributed by atoms with Gasteiger partial charge in [-0.1, -0.05) is 22.0 Å². The quantitative estimate of drug-likeness (QED) is 0.641. The first-order valence-corrected chi connectivity index (χ1v) is 9.01. The molecule has 0 saturated carbocycles. The second kappa shape index (κ2) is 8.95. The molecule has 152 valence electrons. The number of nitriles is 1. The summed E-state index contributed by atoms with van der Waals surface area (Å²) >= 11 is 3.36. The van der Waals surface area contributed by atoms with Crippen molar-refractivity contribution in [2.45, 2.75) is 25.1 Å². The zero-order chi connectivity index (χ0) is 20.5. The number of rotatable bonds is 4. The summed E-state index contributed by atoms with van der Waals surface area (Å²) < 4.78 is 39.2. The minimum atomic E-state index is -4.57. The average molecular weight is 488 g/mol. The summed E-state index contributed by atoms with van der Waals surface area (Å²) in [6.07, 6.45) is -2.95. The van der Waals surface area contributed by atoms with Crippen LogP contribution in [-0.2, 0) is 11.0 Å². The highest BCUT2D eigenvalue weighted by Crippen LogP contribution is 2.36. The molecule has 1 heterocycles. The van der Waals surface area contributed by atoms with Crippen LogP contribution in [0.15, 0.2) is 52.3 Å². The van der Waals surface area contributed by atoms with Crippen LogP contribution < -0.4 is 11.1 Å². The van der Waals surface area contributed by atoms with Gasteiger partial charge >= 0.3 is 6.18 Å². The lowest BCUT2D eigenvalue weighted by Gasteiger charge is -2.18. The maximum absolute atomic E-state index is 12.9. The maximum Gasteiger partial charge on any atom is 0.433 e. The van der Waals surface area contributed by atoms with Gasteiger partial charge in [0.1, 0.15) is 5.69 Å². The van der Waals surface area contributed by atoms with Crippen molar-refractivity contribution in [1.82, 2.24) is 4.98 Å². The third-order valence-electron chi connectivity index (χ3n) is 4.35. The molecule has 0 radical (unpaired) electrons. The smallest absolute Gasteiger partial charge is 0.358 e. The predicted octanol–water partition coefficient (Wildman–Crippen LogP) is 4.89. The fourth-order valence-electron chi connectivity index (χ4n) is 3.01. The van der Waals surface area contributed by atoms with Crippen molar-refractivity contribution in [3.05, 3.63) is 69.1 Å². The van der Waals surface area contributed by atoms with Gasteiger partial charge in [0, 0.05) is 34.0 Å². The number of nitrogens with zero attached hydrogens (tertiary/aromatic N) is 2. The summed E-state index contributed by atoms with van der Waals surface area (Å²) in [7, 11) is 0. The zero-order valence-electron chi connectivity index (χ0n) is 14.8. The number of hydrogen-bond donors (Lipinski definition) is 2. The van der Waals surface area contributed by atoms with E-state index < -0.39 is 17.9 Å². The van der Waals surface area contributed by atoms with Crippen LogP contribution in [0.5, 0.6) is 0 Å². The monoisotopic (exact) mass is 486 g/mol. The highest BCUT2D eigenvalue weighted by Gasteiger charge is 2.33. The molecule has 0 fully saturated rings. The number of aromatic nitrogens is 1. The summed E-state index contributed by atoms with van der Waals surface area (Å²) in [6, 6.07) is 8.34. The lowest BCUT2D eigenvalue weighted by Crippen LogP contribution is -2.20. The molecule has 3 rings (SSSR count). The van der Waals surface area contributed by atoms with Crippen molar-refractivity contribution in [3.63, 3.8) is 0 Å². The van der Waals surface area contributed by atoms with Gasteiger partial charge in [-0.15, -0.1) is 12.4 Å². The van der Waals surface area contributed by atoms with Gasteiger partial charge in [0.15, 0.2) is 5.78 Å². The molecule has 1 atom stereocenters. The Morgan fingerprint density at radius 1 is 1.24 bits per heavy atom. The number of Topliss-reactive ketones (excluding diaryl/α,β-unsaturated/α-hetero) is 1. The van der Waals surface area contributed by atoms with E-state index in [4.69, 9.17) is 11.0 Å². The standard InChI is InChI=1S/C19H14BrF3N4O.ClH/c20-13-7-10(9-24)1-2-12(13)18(25)17-14(3-4-15(17)28)27-11-5-6-26-16(8-11)19(21,22)23;/h1-2,5-8,18H,3-4,25H2,(H,26,27);1H. The molecule has 5 nitrogen and oxygen atoms in total. The van der Waals surface area contributed by atoms with Gasteiger partial charge in [-0.2, -0.15) is 18.4 Å². The Hall–Kier alpha value is -2.41. The van der Waals surface area contributed by atoms with E-state index in [-0.39, 0.29) is 30.3 Å². The van der Waals surface area contributed by atoms with Gasteiger partial charge in [-0.05, 0) is 36.2 Å². The molecule has 0 saturated heterocycles. The highest BCUT2D eigenvalue weighted by atomic mass is 79.9. The molecule has 29 heavy (non-hydrogen) atoms. The van der Waals surface area contributed by atoms with E-state index in [1.54, 1.807) is 18.2 Å². The number of alkyl halides is 3. The molecule has 0 amide bonds. The fraction of sp³-hybridized carbons (Fsp3) is 0.211. The number of pyridine rings is 1. The minimum absolute atomic E-state index is 0. The molecule has 0 bridgehead atoms. The fourth-order valence-corrected chi connectivity index (χ4v) is 3.63. The number of ketones is 1. The maximum atomic E-state index is 12.9. The average Bonchev–Trinajstić information content (AvgIpc) is 3.00. The van der Waals surface area contributed by atoms with Crippen LogP contribution in [0.4, 0.5) is 18.9 Å². The Balaban J connectivity index is 0.00000300. The number of allylic oxidation sites excluding steroid dienone is 1.